The zero-order chi connectivity index (χ0) is 24.7. The minimum Gasteiger partial charge on any atom is -0.354 e. The van der Waals surface area contributed by atoms with Crippen LogP contribution in [-0.2, 0) is 11.3 Å². The molecule has 3 N–H and O–H groups in total. The van der Waals surface area contributed by atoms with E-state index in [1.54, 1.807) is 29.7 Å². The second-order valence-corrected chi connectivity index (χ2v) is 10.9. The summed E-state index contributed by atoms with van der Waals surface area (Å²) in [4.78, 5) is 37.0. The van der Waals surface area contributed by atoms with Gasteiger partial charge in [-0.25, -0.2) is 9.97 Å². The molecule has 36 heavy (non-hydrogen) atoms. The quantitative estimate of drug-likeness (QED) is 0.341. The van der Waals surface area contributed by atoms with Crippen LogP contribution in [0.1, 0.15) is 37.1 Å². The Bertz CT molecular complexity index is 1240. The molecule has 1 aliphatic heterocycles. The molecular weight excluding hydrogens is 492 g/mol. The van der Waals surface area contributed by atoms with Gasteiger partial charge in [-0.3, -0.25) is 19.9 Å². The molecule has 10 heteroatoms. The van der Waals surface area contributed by atoms with Gasteiger partial charge in [0.05, 0.1) is 22.0 Å². The fraction of sp³-hybridized carbons (Fsp3) is 0.346. The summed E-state index contributed by atoms with van der Waals surface area (Å²) >= 11 is 2.58. The van der Waals surface area contributed by atoms with E-state index in [0.29, 0.717) is 28.4 Å². The Balaban J connectivity index is 1.03. The van der Waals surface area contributed by atoms with E-state index >= 15 is 0 Å². The number of anilines is 1. The molecule has 0 atom stereocenters. The van der Waals surface area contributed by atoms with Crippen LogP contribution in [0, 0.1) is 11.8 Å². The van der Waals surface area contributed by atoms with Gasteiger partial charge in [0.2, 0.25) is 5.95 Å². The van der Waals surface area contributed by atoms with Gasteiger partial charge in [0.15, 0.2) is 0 Å². The highest BCUT2D eigenvalue weighted by molar-refractivity contribution is 8.18. The zero-order valence-electron chi connectivity index (χ0n) is 19.8. The van der Waals surface area contributed by atoms with Crippen molar-refractivity contribution in [2.75, 3.05) is 18.4 Å². The summed E-state index contributed by atoms with van der Waals surface area (Å²) in [5.74, 6) is 1.43. The molecule has 0 radical (unpaired) electrons. The average Bonchev–Trinajstić information content (AvgIpc) is 3.54. The second-order valence-electron chi connectivity index (χ2n) is 9.08. The number of nitrogens with one attached hydrogen (secondary N) is 3. The topological polar surface area (TPSA) is 109 Å². The molecule has 1 saturated carbocycles. The molecule has 1 aliphatic carbocycles. The maximum Gasteiger partial charge on any atom is 0.290 e. The average molecular weight is 521 g/mol. The van der Waals surface area contributed by atoms with Gasteiger partial charge >= 0.3 is 0 Å². The number of imide groups is 1. The highest BCUT2D eigenvalue weighted by Crippen LogP contribution is 2.29. The molecule has 0 unspecified atom stereocenters. The van der Waals surface area contributed by atoms with Gasteiger partial charge in [0, 0.05) is 30.2 Å². The predicted molar refractivity (Wildman–Crippen MR) is 144 cm³/mol. The van der Waals surface area contributed by atoms with Crippen molar-refractivity contribution < 1.29 is 9.59 Å². The molecule has 0 aromatic carbocycles. The van der Waals surface area contributed by atoms with Gasteiger partial charge in [-0.2, -0.15) is 11.3 Å². The highest BCUT2D eigenvalue weighted by atomic mass is 32.2. The van der Waals surface area contributed by atoms with E-state index in [9.17, 15) is 9.59 Å². The number of hydrogen-bond donors (Lipinski definition) is 3. The van der Waals surface area contributed by atoms with Crippen LogP contribution in [0.25, 0.3) is 17.3 Å². The molecule has 1 saturated heterocycles. The van der Waals surface area contributed by atoms with Crippen molar-refractivity contribution in [3.05, 3.63) is 63.6 Å². The van der Waals surface area contributed by atoms with E-state index in [2.05, 4.69) is 60.9 Å². The number of hydrogen-bond acceptors (Lipinski definition) is 9. The largest absolute Gasteiger partial charge is 0.354 e. The molecule has 2 fully saturated rings. The van der Waals surface area contributed by atoms with Crippen LogP contribution < -0.4 is 16.0 Å². The van der Waals surface area contributed by atoms with Gasteiger partial charge in [-0.1, -0.05) is 6.07 Å². The molecule has 0 spiro atoms. The minimum absolute atomic E-state index is 0.350. The van der Waals surface area contributed by atoms with Gasteiger partial charge in [0.1, 0.15) is 0 Å². The van der Waals surface area contributed by atoms with Crippen LogP contribution in [0.4, 0.5) is 10.7 Å². The first-order chi connectivity index (χ1) is 17.6. The number of rotatable bonds is 9. The smallest absolute Gasteiger partial charge is 0.290 e. The summed E-state index contributed by atoms with van der Waals surface area (Å²) in [6.45, 7) is 2.63. The predicted octanol–water partition coefficient (Wildman–Crippen LogP) is 4.93. The third-order valence-corrected chi connectivity index (χ3v) is 7.97. The van der Waals surface area contributed by atoms with Crippen LogP contribution in [0.2, 0.25) is 0 Å². The summed E-state index contributed by atoms with van der Waals surface area (Å²) in [7, 11) is 0. The molecule has 3 aromatic heterocycles. The molecule has 8 nitrogen and oxygen atoms in total. The highest BCUT2D eigenvalue weighted by Gasteiger charge is 2.25. The van der Waals surface area contributed by atoms with E-state index in [-0.39, 0.29) is 11.1 Å². The minimum atomic E-state index is -0.382. The van der Waals surface area contributed by atoms with Crippen molar-refractivity contribution in [3.63, 3.8) is 0 Å². The fourth-order valence-electron chi connectivity index (χ4n) is 4.52. The lowest BCUT2D eigenvalue weighted by Crippen LogP contribution is -2.28. The van der Waals surface area contributed by atoms with Crippen LogP contribution in [0.3, 0.4) is 0 Å². The molecule has 3 aromatic rings. The molecule has 5 rings (SSSR count). The van der Waals surface area contributed by atoms with Crippen LogP contribution >= 0.6 is 23.1 Å². The lowest BCUT2D eigenvalue weighted by Gasteiger charge is -2.28. The Hall–Kier alpha value is -3.08. The third kappa shape index (κ3) is 6.57. The third-order valence-electron chi connectivity index (χ3n) is 6.48. The van der Waals surface area contributed by atoms with Crippen LogP contribution in [0.15, 0.2) is 52.2 Å². The Labute approximate surface area is 218 Å². The lowest BCUT2D eigenvalue weighted by molar-refractivity contribution is -0.115. The SMILES string of the molecule is O=C1NC(=O)C(=Cc2ccnc(NCC3CCC(CNCc4cccc(-c5ccsc5)n4)CC3)n2)S1. The molecule has 186 valence electrons. The summed E-state index contributed by atoms with van der Waals surface area (Å²) in [6.07, 6.45) is 8.03. The molecule has 2 aliphatic rings. The lowest BCUT2D eigenvalue weighted by atomic mass is 9.82. The standard InChI is InChI=1S/C26H28N6O2S2/c33-24-23(36-26(34)32-24)12-20-8-10-28-25(31-20)29-14-18-6-4-17(5-7-18)13-27-15-21-2-1-3-22(30-21)19-9-11-35-16-19/h1-3,8-12,16-18,27H,4-7,13-15H2,(H,28,29,31)(H,32,33,34). The van der Waals surface area contributed by atoms with Gasteiger partial charge < -0.3 is 10.6 Å². The first kappa shape index (κ1) is 24.6. The Morgan fingerprint density at radius 3 is 2.61 bits per heavy atom. The van der Waals surface area contributed by atoms with Crippen LogP contribution in [-0.4, -0.2) is 39.2 Å². The van der Waals surface area contributed by atoms with E-state index in [1.165, 1.54) is 31.2 Å². The normalized spacial score (nSPS) is 21.1. The van der Waals surface area contributed by atoms with Crippen molar-refractivity contribution in [2.45, 2.75) is 32.2 Å². The van der Waals surface area contributed by atoms with Gasteiger partial charge in [-0.15, -0.1) is 0 Å². The first-order valence-electron chi connectivity index (χ1n) is 12.1. The van der Waals surface area contributed by atoms with Crippen molar-refractivity contribution in [1.82, 2.24) is 25.6 Å². The monoisotopic (exact) mass is 520 g/mol. The van der Waals surface area contributed by atoms with Gasteiger partial charge in [0.25, 0.3) is 11.1 Å². The maximum atomic E-state index is 11.7. The second kappa shape index (κ2) is 11.8. The maximum absolute atomic E-state index is 11.7. The van der Waals surface area contributed by atoms with Gasteiger partial charge in [-0.05, 0) is 91.5 Å². The summed E-state index contributed by atoms with van der Waals surface area (Å²) in [5, 5.41) is 13.1. The number of thiophene rings is 1. The summed E-state index contributed by atoms with van der Waals surface area (Å²) in [6, 6.07) is 10.1. The number of amides is 2. The molecule has 4 heterocycles. The number of carbonyl (C=O) groups excluding carboxylic acids is 2. The van der Waals surface area contributed by atoms with E-state index < -0.39 is 0 Å². The summed E-state index contributed by atoms with van der Waals surface area (Å²) in [5.41, 5.74) is 3.89. The Kier molecular flexibility index (Phi) is 8.04. The van der Waals surface area contributed by atoms with E-state index in [1.807, 2.05) is 0 Å². The Morgan fingerprint density at radius 2 is 1.86 bits per heavy atom. The zero-order valence-corrected chi connectivity index (χ0v) is 21.4. The van der Waals surface area contributed by atoms with E-state index in [4.69, 9.17) is 4.98 Å². The number of thioether (sulfide) groups is 1. The number of carbonyl (C=O) groups is 2. The van der Waals surface area contributed by atoms with Crippen molar-refractivity contribution in [1.29, 1.82) is 0 Å². The number of nitrogens with zero attached hydrogens (tertiary/aromatic N) is 3. The van der Waals surface area contributed by atoms with Crippen molar-refractivity contribution in [2.24, 2.45) is 11.8 Å². The van der Waals surface area contributed by atoms with Crippen molar-refractivity contribution >= 4 is 46.3 Å². The van der Waals surface area contributed by atoms with E-state index in [0.717, 1.165) is 42.8 Å². The first-order valence-corrected chi connectivity index (χ1v) is 13.9. The number of pyridine rings is 1. The molecule has 2 amide bonds. The number of aromatic nitrogens is 3. The molecular formula is C26H28N6O2S2. The van der Waals surface area contributed by atoms with Crippen molar-refractivity contribution in [3.8, 4) is 11.3 Å². The molecule has 0 bridgehead atoms. The summed E-state index contributed by atoms with van der Waals surface area (Å²) < 4.78 is 0. The van der Waals surface area contributed by atoms with Crippen LogP contribution in [0.5, 0.6) is 0 Å². The fourth-order valence-corrected chi connectivity index (χ4v) is 5.84. The Morgan fingerprint density at radius 1 is 1.03 bits per heavy atom.